The van der Waals surface area contributed by atoms with Gasteiger partial charge in [-0.2, -0.15) is 4.98 Å². The molecule has 0 bridgehead atoms. The quantitative estimate of drug-likeness (QED) is 0.587. The SMILES string of the molecule is COc1ccc(-c2noc(CSC3NC(=O)CC(c4ccncc4)N3)n2)cc1OC. The summed E-state index contributed by atoms with van der Waals surface area (Å²) in [6.45, 7) is 0. The van der Waals surface area contributed by atoms with E-state index in [4.69, 9.17) is 14.0 Å². The highest BCUT2D eigenvalue weighted by molar-refractivity contribution is 7.99. The van der Waals surface area contributed by atoms with Crippen molar-refractivity contribution in [1.82, 2.24) is 25.8 Å². The fourth-order valence-electron chi connectivity index (χ4n) is 3.13. The molecule has 9 nitrogen and oxygen atoms in total. The Balaban J connectivity index is 1.40. The Labute approximate surface area is 177 Å². The first-order valence-corrected chi connectivity index (χ1v) is 10.3. The van der Waals surface area contributed by atoms with Crippen molar-refractivity contribution in [2.75, 3.05) is 14.2 Å². The molecule has 2 unspecified atom stereocenters. The molecule has 1 aliphatic heterocycles. The molecule has 0 radical (unpaired) electrons. The first-order valence-electron chi connectivity index (χ1n) is 9.28. The number of rotatable bonds is 7. The number of thioether (sulfide) groups is 1. The topological polar surface area (TPSA) is 111 Å². The number of pyridine rings is 1. The van der Waals surface area contributed by atoms with Gasteiger partial charge in [0.1, 0.15) is 5.50 Å². The van der Waals surface area contributed by atoms with Crippen molar-refractivity contribution in [1.29, 1.82) is 0 Å². The number of nitrogens with one attached hydrogen (secondary N) is 2. The normalized spacial score (nSPS) is 18.7. The van der Waals surface area contributed by atoms with E-state index in [0.717, 1.165) is 11.1 Å². The van der Waals surface area contributed by atoms with Crippen molar-refractivity contribution in [2.24, 2.45) is 0 Å². The molecule has 2 aromatic heterocycles. The fraction of sp³-hybridized carbons (Fsp3) is 0.300. The summed E-state index contributed by atoms with van der Waals surface area (Å²) in [5, 5.41) is 10.4. The summed E-state index contributed by atoms with van der Waals surface area (Å²) in [5.41, 5.74) is 1.52. The van der Waals surface area contributed by atoms with Crippen molar-refractivity contribution >= 4 is 17.7 Å². The largest absolute Gasteiger partial charge is 0.493 e. The van der Waals surface area contributed by atoms with Crippen molar-refractivity contribution in [3.63, 3.8) is 0 Å². The molecule has 0 spiro atoms. The van der Waals surface area contributed by atoms with Crippen LogP contribution in [0.1, 0.15) is 23.9 Å². The van der Waals surface area contributed by atoms with Gasteiger partial charge in [-0.05, 0) is 35.9 Å². The molecule has 1 fully saturated rings. The number of hydrogen-bond acceptors (Lipinski definition) is 9. The minimum atomic E-state index is -0.263. The second-order valence-corrected chi connectivity index (χ2v) is 7.64. The molecule has 156 valence electrons. The van der Waals surface area contributed by atoms with Gasteiger partial charge < -0.3 is 19.3 Å². The Morgan fingerprint density at radius 1 is 1.17 bits per heavy atom. The fourth-order valence-corrected chi connectivity index (χ4v) is 4.04. The summed E-state index contributed by atoms with van der Waals surface area (Å²) in [6, 6.07) is 9.18. The van der Waals surface area contributed by atoms with Gasteiger partial charge >= 0.3 is 0 Å². The van der Waals surface area contributed by atoms with Gasteiger partial charge in [0.25, 0.3) is 0 Å². The van der Waals surface area contributed by atoms with Crippen LogP contribution >= 0.6 is 11.8 Å². The van der Waals surface area contributed by atoms with E-state index in [0.29, 0.717) is 35.4 Å². The Morgan fingerprint density at radius 3 is 2.73 bits per heavy atom. The molecule has 4 rings (SSSR count). The van der Waals surface area contributed by atoms with Crippen molar-refractivity contribution in [2.45, 2.75) is 23.7 Å². The van der Waals surface area contributed by atoms with Gasteiger partial charge in [-0.1, -0.05) is 5.16 Å². The molecule has 1 amide bonds. The lowest BCUT2D eigenvalue weighted by Gasteiger charge is -2.31. The Kier molecular flexibility index (Phi) is 6.15. The maximum atomic E-state index is 12.1. The molecular weight excluding hydrogens is 406 g/mol. The predicted molar refractivity (Wildman–Crippen MR) is 111 cm³/mol. The molecule has 3 heterocycles. The zero-order chi connectivity index (χ0) is 20.9. The molecule has 30 heavy (non-hydrogen) atoms. The van der Waals surface area contributed by atoms with Gasteiger partial charge in [0, 0.05) is 30.4 Å². The van der Waals surface area contributed by atoms with Crippen LogP contribution in [0, 0.1) is 0 Å². The molecule has 3 aromatic rings. The van der Waals surface area contributed by atoms with Gasteiger partial charge in [0.2, 0.25) is 17.6 Å². The van der Waals surface area contributed by atoms with E-state index < -0.39 is 0 Å². The van der Waals surface area contributed by atoms with E-state index in [2.05, 4.69) is 25.8 Å². The molecule has 1 aromatic carbocycles. The monoisotopic (exact) mass is 427 g/mol. The average Bonchev–Trinajstić information content (AvgIpc) is 3.26. The second-order valence-electron chi connectivity index (χ2n) is 6.54. The van der Waals surface area contributed by atoms with Gasteiger partial charge in [0.05, 0.1) is 20.0 Å². The third kappa shape index (κ3) is 4.55. The third-order valence-electron chi connectivity index (χ3n) is 4.63. The molecule has 0 aliphatic carbocycles. The first-order chi connectivity index (χ1) is 14.7. The Morgan fingerprint density at radius 2 is 1.97 bits per heavy atom. The minimum Gasteiger partial charge on any atom is -0.493 e. The maximum absolute atomic E-state index is 12.1. The second kappa shape index (κ2) is 9.14. The van der Waals surface area contributed by atoms with Crippen LogP contribution in [0.5, 0.6) is 11.5 Å². The number of nitrogens with zero attached hydrogens (tertiary/aromatic N) is 3. The Bertz CT molecular complexity index is 1010. The zero-order valence-corrected chi connectivity index (χ0v) is 17.3. The van der Waals surface area contributed by atoms with Crippen LogP contribution in [-0.4, -0.2) is 40.7 Å². The lowest BCUT2D eigenvalue weighted by Crippen LogP contribution is -2.50. The molecule has 0 saturated carbocycles. The van der Waals surface area contributed by atoms with E-state index in [1.807, 2.05) is 18.2 Å². The molecule has 1 aliphatic rings. The van der Waals surface area contributed by atoms with Crippen molar-refractivity contribution in [3.05, 3.63) is 54.2 Å². The molecule has 10 heteroatoms. The summed E-state index contributed by atoms with van der Waals surface area (Å²) in [7, 11) is 3.16. The van der Waals surface area contributed by atoms with E-state index in [1.54, 1.807) is 38.7 Å². The highest BCUT2D eigenvalue weighted by Crippen LogP contribution is 2.31. The number of hydrogen-bond donors (Lipinski definition) is 2. The van der Waals surface area contributed by atoms with Gasteiger partial charge in [-0.15, -0.1) is 11.8 Å². The third-order valence-corrected chi connectivity index (χ3v) is 5.63. The van der Waals surface area contributed by atoms with Crippen LogP contribution in [0.15, 0.2) is 47.2 Å². The Hall–Kier alpha value is -3.11. The van der Waals surface area contributed by atoms with Crippen LogP contribution in [0.3, 0.4) is 0 Å². The van der Waals surface area contributed by atoms with E-state index in [1.165, 1.54) is 11.8 Å². The van der Waals surface area contributed by atoms with Crippen LogP contribution in [0.2, 0.25) is 0 Å². The van der Waals surface area contributed by atoms with Gasteiger partial charge in [-0.3, -0.25) is 15.1 Å². The number of methoxy groups -OCH3 is 2. The standard InChI is InChI=1S/C20H21N5O4S/c1-27-15-4-3-13(9-16(15)28-2)19-24-18(29-25-19)11-30-20-22-14(10-17(26)23-20)12-5-7-21-8-6-12/h3-9,14,20,22H,10-11H2,1-2H3,(H,23,26). The minimum absolute atomic E-state index is 0.00962. The summed E-state index contributed by atoms with van der Waals surface area (Å²) in [5.74, 6) is 2.58. The molecule has 2 atom stereocenters. The van der Waals surface area contributed by atoms with Gasteiger partial charge in [0.15, 0.2) is 11.5 Å². The van der Waals surface area contributed by atoms with Crippen LogP contribution in [0.25, 0.3) is 11.4 Å². The van der Waals surface area contributed by atoms with Crippen LogP contribution in [-0.2, 0) is 10.5 Å². The summed E-state index contributed by atoms with van der Waals surface area (Å²) < 4.78 is 15.9. The van der Waals surface area contributed by atoms with Crippen LogP contribution < -0.4 is 20.1 Å². The van der Waals surface area contributed by atoms with Crippen molar-refractivity contribution in [3.8, 4) is 22.9 Å². The summed E-state index contributed by atoms with van der Waals surface area (Å²) in [4.78, 5) is 20.6. The molecular formula is C20H21N5O4S. The number of benzene rings is 1. The van der Waals surface area contributed by atoms with E-state index in [9.17, 15) is 4.79 Å². The lowest BCUT2D eigenvalue weighted by atomic mass is 10.0. The van der Waals surface area contributed by atoms with E-state index >= 15 is 0 Å². The number of carbonyl (C=O) groups is 1. The lowest BCUT2D eigenvalue weighted by molar-refractivity contribution is -0.123. The number of carbonyl (C=O) groups excluding carboxylic acids is 1. The van der Waals surface area contributed by atoms with Crippen LogP contribution in [0.4, 0.5) is 0 Å². The summed E-state index contributed by atoms with van der Waals surface area (Å²) in [6.07, 6.45) is 3.82. The maximum Gasteiger partial charge on any atom is 0.237 e. The van der Waals surface area contributed by atoms with E-state index in [-0.39, 0.29) is 17.4 Å². The highest BCUT2D eigenvalue weighted by atomic mass is 32.2. The number of ether oxygens (including phenoxy) is 2. The predicted octanol–water partition coefficient (Wildman–Crippen LogP) is 2.52. The highest BCUT2D eigenvalue weighted by Gasteiger charge is 2.27. The smallest absolute Gasteiger partial charge is 0.237 e. The number of amides is 1. The summed E-state index contributed by atoms with van der Waals surface area (Å²) >= 11 is 1.48. The van der Waals surface area contributed by atoms with Gasteiger partial charge in [-0.25, -0.2) is 0 Å². The number of aromatic nitrogens is 3. The first kappa shape index (κ1) is 20.2. The molecule has 2 N–H and O–H groups in total. The zero-order valence-electron chi connectivity index (χ0n) is 16.5. The average molecular weight is 427 g/mol. The molecule has 1 saturated heterocycles. The van der Waals surface area contributed by atoms with Crippen molar-refractivity contribution < 1.29 is 18.8 Å².